The molecule has 1 heterocycles. The molecule has 4 heteroatoms. The summed E-state index contributed by atoms with van der Waals surface area (Å²) in [6.45, 7) is 4.74. The molecule has 0 amide bonds. The molecule has 0 aromatic heterocycles. The Morgan fingerprint density at radius 1 is 1.00 bits per heavy atom. The molecular weight excluding hydrogens is 376 g/mol. The molecule has 1 N–H and O–H groups in total. The lowest BCUT2D eigenvalue weighted by atomic mass is 10.0. The zero-order valence-corrected chi connectivity index (χ0v) is 17.5. The van der Waals surface area contributed by atoms with Gasteiger partial charge in [-0.05, 0) is 54.1 Å². The third-order valence-corrected chi connectivity index (χ3v) is 6.26. The first-order valence-corrected chi connectivity index (χ1v) is 10.9. The van der Waals surface area contributed by atoms with Gasteiger partial charge in [-0.2, -0.15) is 0 Å². The van der Waals surface area contributed by atoms with Crippen LogP contribution in [0.25, 0.3) is 11.1 Å². The van der Waals surface area contributed by atoms with Gasteiger partial charge in [0.05, 0.1) is 0 Å². The summed E-state index contributed by atoms with van der Waals surface area (Å²) in [6.07, 6.45) is 1.14. The van der Waals surface area contributed by atoms with E-state index in [2.05, 4.69) is 58.2 Å². The Balaban J connectivity index is 1.28. The largest absolute Gasteiger partial charge is 0.297 e. The standard InChI is InChI=1S/C25H26N2OS/c1-19(28)23-8-5-9-25(16-23)29-26-24-14-15-27(18-24)17-20-10-12-22(13-11-20)21-6-3-2-4-7-21/h2-13,16,24,26H,14-15,17-18H2,1H3/t24-/m1/s1. The minimum Gasteiger partial charge on any atom is -0.297 e. The van der Waals surface area contributed by atoms with Crippen molar-refractivity contribution in [2.45, 2.75) is 30.8 Å². The van der Waals surface area contributed by atoms with E-state index in [1.54, 1.807) is 18.9 Å². The van der Waals surface area contributed by atoms with E-state index in [1.165, 1.54) is 16.7 Å². The zero-order valence-electron chi connectivity index (χ0n) is 16.7. The van der Waals surface area contributed by atoms with Gasteiger partial charge in [0.2, 0.25) is 0 Å². The van der Waals surface area contributed by atoms with Crippen molar-refractivity contribution >= 4 is 17.7 Å². The van der Waals surface area contributed by atoms with Gasteiger partial charge < -0.3 is 0 Å². The van der Waals surface area contributed by atoms with Crippen LogP contribution in [-0.2, 0) is 6.54 Å². The van der Waals surface area contributed by atoms with E-state index in [1.807, 2.05) is 30.3 Å². The molecule has 0 unspecified atom stereocenters. The number of nitrogens with one attached hydrogen (secondary N) is 1. The molecule has 1 fully saturated rings. The Kier molecular flexibility index (Phi) is 6.45. The van der Waals surface area contributed by atoms with Crippen LogP contribution < -0.4 is 4.72 Å². The normalized spacial score (nSPS) is 16.8. The van der Waals surface area contributed by atoms with Crippen LogP contribution in [0.4, 0.5) is 0 Å². The molecule has 0 radical (unpaired) electrons. The third kappa shape index (κ3) is 5.36. The predicted molar refractivity (Wildman–Crippen MR) is 121 cm³/mol. The first-order chi connectivity index (χ1) is 14.2. The van der Waals surface area contributed by atoms with Crippen molar-refractivity contribution in [3.63, 3.8) is 0 Å². The molecule has 148 valence electrons. The lowest BCUT2D eigenvalue weighted by molar-refractivity contribution is 0.101. The molecule has 0 spiro atoms. The minimum absolute atomic E-state index is 0.109. The Morgan fingerprint density at radius 3 is 2.52 bits per heavy atom. The number of likely N-dealkylation sites (tertiary alicyclic amines) is 1. The van der Waals surface area contributed by atoms with Crippen molar-refractivity contribution < 1.29 is 4.79 Å². The number of Topliss-reactive ketones (excluding diaryl/α,β-unsaturated/α-hetero) is 1. The molecule has 1 aliphatic heterocycles. The second-order valence-electron chi connectivity index (χ2n) is 7.59. The van der Waals surface area contributed by atoms with Crippen LogP contribution >= 0.6 is 11.9 Å². The number of ketones is 1. The highest BCUT2D eigenvalue weighted by Crippen LogP contribution is 2.23. The van der Waals surface area contributed by atoms with Gasteiger partial charge in [-0.25, -0.2) is 0 Å². The molecule has 3 nitrogen and oxygen atoms in total. The van der Waals surface area contributed by atoms with Gasteiger partial charge in [0.1, 0.15) is 0 Å². The summed E-state index contributed by atoms with van der Waals surface area (Å²) in [5, 5.41) is 0. The maximum Gasteiger partial charge on any atom is 0.159 e. The lowest BCUT2D eigenvalue weighted by Crippen LogP contribution is -2.28. The van der Waals surface area contributed by atoms with Crippen molar-refractivity contribution in [1.82, 2.24) is 9.62 Å². The summed E-state index contributed by atoms with van der Waals surface area (Å²) in [4.78, 5) is 15.1. The van der Waals surface area contributed by atoms with Crippen LogP contribution in [0, 0.1) is 0 Å². The summed E-state index contributed by atoms with van der Waals surface area (Å²) in [5.41, 5.74) is 4.64. The van der Waals surface area contributed by atoms with Gasteiger partial charge in [-0.15, -0.1) is 0 Å². The fourth-order valence-corrected chi connectivity index (χ4v) is 4.52. The number of rotatable bonds is 7. The zero-order chi connectivity index (χ0) is 20.1. The van der Waals surface area contributed by atoms with Gasteiger partial charge in [0.15, 0.2) is 5.78 Å². The second-order valence-corrected chi connectivity index (χ2v) is 8.50. The summed E-state index contributed by atoms with van der Waals surface area (Å²) in [5.74, 6) is 0.109. The van der Waals surface area contributed by atoms with Crippen LogP contribution in [0.3, 0.4) is 0 Å². The lowest BCUT2D eigenvalue weighted by Gasteiger charge is -2.17. The minimum atomic E-state index is 0.109. The van der Waals surface area contributed by atoms with Crippen molar-refractivity contribution in [2.24, 2.45) is 0 Å². The molecule has 0 aliphatic carbocycles. The average Bonchev–Trinajstić information content (AvgIpc) is 3.21. The number of hydrogen-bond donors (Lipinski definition) is 1. The van der Waals surface area contributed by atoms with Crippen LogP contribution in [0.1, 0.15) is 29.3 Å². The van der Waals surface area contributed by atoms with E-state index in [4.69, 9.17) is 0 Å². The Labute approximate surface area is 177 Å². The quantitative estimate of drug-likeness (QED) is 0.422. The van der Waals surface area contributed by atoms with E-state index in [0.29, 0.717) is 6.04 Å². The van der Waals surface area contributed by atoms with E-state index in [9.17, 15) is 4.79 Å². The highest BCUT2D eigenvalue weighted by molar-refractivity contribution is 7.97. The van der Waals surface area contributed by atoms with Gasteiger partial charge in [-0.3, -0.25) is 14.4 Å². The molecule has 4 rings (SSSR count). The van der Waals surface area contributed by atoms with E-state index in [0.717, 1.165) is 36.5 Å². The van der Waals surface area contributed by atoms with E-state index >= 15 is 0 Å². The molecule has 0 saturated carbocycles. The highest BCUT2D eigenvalue weighted by Gasteiger charge is 2.22. The average molecular weight is 403 g/mol. The molecule has 1 aliphatic rings. The van der Waals surface area contributed by atoms with E-state index in [-0.39, 0.29) is 5.78 Å². The van der Waals surface area contributed by atoms with Gasteiger partial charge in [-0.1, -0.05) is 66.7 Å². The number of benzene rings is 3. The molecule has 3 aromatic rings. The summed E-state index contributed by atoms with van der Waals surface area (Å²) in [6, 6.07) is 27.7. The van der Waals surface area contributed by atoms with Crippen LogP contribution in [0.15, 0.2) is 83.8 Å². The maximum atomic E-state index is 11.5. The fourth-order valence-electron chi connectivity index (χ4n) is 3.69. The fraction of sp³-hybridized carbons (Fsp3) is 0.240. The topological polar surface area (TPSA) is 32.3 Å². The number of carbonyl (C=O) groups excluding carboxylic acids is 1. The SMILES string of the molecule is CC(=O)c1cccc(SN[C@@H]2CCN(Cc3ccc(-c4ccccc4)cc3)C2)c1. The monoisotopic (exact) mass is 402 g/mol. The first kappa shape index (κ1) is 19.9. The van der Waals surface area contributed by atoms with E-state index < -0.39 is 0 Å². The number of nitrogens with zero attached hydrogens (tertiary/aromatic N) is 1. The first-order valence-electron chi connectivity index (χ1n) is 10.1. The molecule has 1 atom stereocenters. The molecular formula is C25H26N2OS. The highest BCUT2D eigenvalue weighted by atomic mass is 32.2. The number of carbonyl (C=O) groups is 1. The van der Waals surface area contributed by atoms with Crippen molar-refractivity contribution in [1.29, 1.82) is 0 Å². The molecule has 29 heavy (non-hydrogen) atoms. The summed E-state index contributed by atoms with van der Waals surface area (Å²) >= 11 is 1.63. The van der Waals surface area contributed by atoms with Gasteiger partial charge >= 0.3 is 0 Å². The Bertz CT molecular complexity index is 956. The smallest absolute Gasteiger partial charge is 0.159 e. The third-order valence-electron chi connectivity index (χ3n) is 5.32. The van der Waals surface area contributed by atoms with Crippen molar-refractivity contribution in [3.8, 4) is 11.1 Å². The summed E-state index contributed by atoms with van der Waals surface area (Å²) < 4.78 is 3.57. The molecule has 1 saturated heterocycles. The number of hydrogen-bond acceptors (Lipinski definition) is 4. The van der Waals surface area contributed by atoms with Crippen molar-refractivity contribution in [3.05, 3.63) is 90.0 Å². The van der Waals surface area contributed by atoms with Gasteiger partial charge in [0, 0.05) is 36.1 Å². The molecule has 3 aromatic carbocycles. The van der Waals surface area contributed by atoms with Crippen LogP contribution in [0.5, 0.6) is 0 Å². The van der Waals surface area contributed by atoms with Crippen molar-refractivity contribution in [2.75, 3.05) is 13.1 Å². The molecule has 0 bridgehead atoms. The Hall–Kier alpha value is -2.40. The van der Waals surface area contributed by atoms with Crippen LogP contribution in [0.2, 0.25) is 0 Å². The summed E-state index contributed by atoms with van der Waals surface area (Å²) in [7, 11) is 0. The second kappa shape index (κ2) is 9.40. The Morgan fingerprint density at radius 2 is 1.76 bits per heavy atom. The maximum absolute atomic E-state index is 11.5. The van der Waals surface area contributed by atoms with Gasteiger partial charge in [0.25, 0.3) is 0 Å². The van der Waals surface area contributed by atoms with Crippen LogP contribution in [-0.4, -0.2) is 29.8 Å². The predicted octanol–water partition coefficient (Wildman–Crippen LogP) is 5.43.